The Morgan fingerprint density at radius 3 is 2.53 bits per heavy atom. The van der Waals surface area contributed by atoms with Crippen molar-refractivity contribution in [3.63, 3.8) is 0 Å². The minimum atomic E-state index is -0.270. The van der Waals surface area contributed by atoms with E-state index in [4.69, 9.17) is 4.74 Å². The predicted octanol–water partition coefficient (Wildman–Crippen LogP) is 4.66. The maximum Gasteiger partial charge on any atom is 0.267 e. The van der Waals surface area contributed by atoms with Gasteiger partial charge in [-0.25, -0.2) is 4.98 Å². The average molecular weight is 422 g/mol. The van der Waals surface area contributed by atoms with Gasteiger partial charge >= 0.3 is 0 Å². The Kier molecular flexibility index (Phi) is 5.81. The van der Waals surface area contributed by atoms with Gasteiger partial charge in [-0.05, 0) is 63.1 Å². The largest absolute Gasteiger partial charge is 0.494 e. The number of aryl methyl sites for hydroxylation is 1. The molecule has 0 saturated heterocycles. The van der Waals surface area contributed by atoms with Crippen LogP contribution in [0.5, 0.6) is 5.75 Å². The molecule has 2 N–H and O–H groups in total. The van der Waals surface area contributed by atoms with Crippen LogP contribution < -0.4 is 15.4 Å². The Hall–Kier alpha value is -3.19. The Morgan fingerprint density at radius 2 is 1.83 bits per heavy atom. The number of nitrogens with zero attached hydrogens (tertiary/aromatic N) is 1. The lowest BCUT2D eigenvalue weighted by Gasteiger charge is -2.10. The van der Waals surface area contributed by atoms with Gasteiger partial charge in [-0.15, -0.1) is 11.3 Å². The summed E-state index contributed by atoms with van der Waals surface area (Å²) in [6.45, 7) is 4.37. The average Bonchev–Trinajstić information content (AvgIpc) is 3.47. The van der Waals surface area contributed by atoms with Crippen LogP contribution in [0.4, 0.5) is 5.69 Å². The first-order valence-electron chi connectivity index (χ1n) is 9.97. The second kappa shape index (κ2) is 8.67. The van der Waals surface area contributed by atoms with E-state index in [1.807, 2.05) is 38.1 Å². The van der Waals surface area contributed by atoms with Crippen molar-refractivity contribution >= 4 is 28.8 Å². The number of carbonyl (C=O) groups is 2. The fourth-order valence-electron chi connectivity index (χ4n) is 3.05. The van der Waals surface area contributed by atoms with E-state index in [0.29, 0.717) is 28.4 Å². The van der Waals surface area contributed by atoms with Crippen LogP contribution >= 0.6 is 11.3 Å². The summed E-state index contributed by atoms with van der Waals surface area (Å²) in [7, 11) is 0. The molecule has 6 nitrogen and oxygen atoms in total. The molecule has 0 aliphatic heterocycles. The molecule has 1 saturated carbocycles. The molecule has 0 atom stereocenters. The molecule has 0 radical (unpaired) electrons. The smallest absolute Gasteiger partial charge is 0.267 e. The van der Waals surface area contributed by atoms with Crippen LogP contribution in [0.2, 0.25) is 0 Å². The van der Waals surface area contributed by atoms with Crippen LogP contribution in [0.1, 0.15) is 45.5 Å². The van der Waals surface area contributed by atoms with Crippen LogP contribution in [0.3, 0.4) is 0 Å². The van der Waals surface area contributed by atoms with Gasteiger partial charge in [-0.3, -0.25) is 9.59 Å². The van der Waals surface area contributed by atoms with E-state index >= 15 is 0 Å². The third kappa shape index (κ3) is 4.52. The van der Waals surface area contributed by atoms with Gasteiger partial charge in [0.1, 0.15) is 15.6 Å². The minimum absolute atomic E-state index is 0.162. The first-order valence-corrected chi connectivity index (χ1v) is 10.8. The lowest BCUT2D eigenvalue weighted by molar-refractivity contribution is 0.0952. The van der Waals surface area contributed by atoms with Gasteiger partial charge in [0.25, 0.3) is 11.8 Å². The maximum atomic E-state index is 12.9. The number of thiazole rings is 1. The van der Waals surface area contributed by atoms with Crippen molar-refractivity contribution < 1.29 is 14.3 Å². The van der Waals surface area contributed by atoms with Crippen molar-refractivity contribution in [1.82, 2.24) is 10.3 Å². The highest BCUT2D eigenvalue weighted by Crippen LogP contribution is 2.30. The Bertz CT molecular complexity index is 1070. The van der Waals surface area contributed by atoms with E-state index < -0.39 is 0 Å². The van der Waals surface area contributed by atoms with Gasteiger partial charge in [-0.1, -0.05) is 12.1 Å². The molecule has 2 amide bonds. The molecule has 1 aromatic heterocycles. The van der Waals surface area contributed by atoms with Gasteiger partial charge in [0.15, 0.2) is 0 Å². The molecular formula is C23H23N3O3S. The fourth-order valence-corrected chi connectivity index (χ4v) is 4.02. The molecule has 1 fully saturated rings. The number of ether oxygens (including phenoxy) is 1. The van der Waals surface area contributed by atoms with Crippen molar-refractivity contribution in [2.45, 2.75) is 32.7 Å². The topological polar surface area (TPSA) is 80.3 Å². The molecule has 1 heterocycles. The highest BCUT2D eigenvalue weighted by molar-refractivity contribution is 7.17. The third-order valence-corrected chi connectivity index (χ3v) is 5.95. The van der Waals surface area contributed by atoms with E-state index in [9.17, 15) is 9.59 Å². The molecule has 0 unspecified atom stereocenters. The number of amides is 2. The second-order valence-corrected chi connectivity index (χ2v) is 8.14. The van der Waals surface area contributed by atoms with Crippen LogP contribution in [-0.4, -0.2) is 29.4 Å². The lowest BCUT2D eigenvalue weighted by Crippen LogP contribution is -2.27. The summed E-state index contributed by atoms with van der Waals surface area (Å²) in [5.41, 5.74) is 2.54. The van der Waals surface area contributed by atoms with Gasteiger partial charge in [-0.2, -0.15) is 0 Å². The van der Waals surface area contributed by atoms with Crippen LogP contribution in [0.25, 0.3) is 10.6 Å². The second-order valence-electron chi connectivity index (χ2n) is 7.14. The van der Waals surface area contributed by atoms with Gasteiger partial charge < -0.3 is 15.4 Å². The SMILES string of the molecule is CCOc1ccc(-c2nc(C)c(C(=O)Nc3ccccc3C(=O)NC3CC3)s2)cc1. The quantitative estimate of drug-likeness (QED) is 0.581. The monoisotopic (exact) mass is 421 g/mol. The molecule has 30 heavy (non-hydrogen) atoms. The van der Waals surface area contributed by atoms with E-state index in [0.717, 1.165) is 29.2 Å². The van der Waals surface area contributed by atoms with E-state index in [1.54, 1.807) is 24.3 Å². The summed E-state index contributed by atoms with van der Waals surface area (Å²) in [4.78, 5) is 30.5. The number of para-hydroxylation sites is 1. The van der Waals surface area contributed by atoms with Crippen molar-refractivity contribution in [3.05, 3.63) is 64.7 Å². The number of rotatable bonds is 7. The van der Waals surface area contributed by atoms with Crippen LogP contribution in [-0.2, 0) is 0 Å². The highest BCUT2D eigenvalue weighted by atomic mass is 32.1. The maximum absolute atomic E-state index is 12.9. The van der Waals surface area contributed by atoms with E-state index in [1.165, 1.54) is 11.3 Å². The zero-order valence-electron chi connectivity index (χ0n) is 16.9. The lowest BCUT2D eigenvalue weighted by atomic mass is 10.1. The van der Waals surface area contributed by atoms with Crippen LogP contribution in [0, 0.1) is 6.92 Å². The zero-order chi connectivity index (χ0) is 21.1. The summed E-state index contributed by atoms with van der Waals surface area (Å²) in [5, 5.41) is 6.61. The third-order valence-electron chi connectivity index (χ3n) is 4.75. The molecule has 2 aromatic carbocycles. The minimum Gasteiger partial charge on any atom is -0.494 e. The summed E-state index contributed by atoms with van der Waals surface area (Å²) < 4.78 is 5.47. The highest BCUT2D eigenvalue weighted by Gasteiger charge is 2.25. The molecule has 1 aliphatic carbocycles. The molecule has 7 heteroatoms. The number of nitrogens with one attached hydrogen (secondary N) is 2. The van der Waals surface area contributed by atoms with E-state index in [-0.39, 0.29) is 17.9 Å². The Balaban J connectivity index is 1.52. The van der Waals surface area contributed by atoms with Crippen molar-refractivity contribution in [3.8, 4) is 16.3 Å². The molecule has 4 rings (SSSR count). The number of carbonyl (C=O) groups excluding carboxylic acids is 2. The van der Waals surface area contributed by atoms with Gasteiger partial charge in [0.2, 0.25) is 0 Å². The molecule has 1 aliphatic rings. The van der Waals surface area contributed by atoms with E-state index in [2.05, 4.69) is 15.6 Å². The summed E-state index contributed by atoms with van der Waals surface area (Å²) in [6, 6.07) is 15.0. The van der Waals surface area contributed by atoms with Crippen molar-refractivity contribution in [1.29, 1.82) is 0 Å². The molecule has 0 spiro atoms. The fraction of sp³-hybridized carbons (Fsp3) is 0.261. The zero-order valence-corrected chi connectivity index (χ0v) is 17.7. The summed E-state index contributed by atoms with van der Waals surface area (Å²) in [5.74, 6) is 0.368. The standard InChI is InChI=1S/C23H23N3O3S/c1-3-29-17-12-8-15(9-13-17)23-24-14(2)20(30-23)22(28)26-19-7-5-4-6-18(19)21(27)25-16-10-11-16/h4-9,12-13,16H,3,10-11H2,1-2H3,(H,25,27)(H,26,28). The number of benzene rings is 2. The molecule has 154 valence electrons. The summed E-state index contributed by atoms with van der Waals surface area (Å²) >= 11 is 1.33. The van der Waals surface area contributed by atoms with Gasteiger partial charge in [0.05, 0.1) is 23.6 Å². The predicted molar refractivity (Wildman–Crippen MR) is 118 cm³/mol. The molecule has 0 bridgehead atoms. The Morgan fingerprint density at radius 1 is 1.10 bits per heavy atom. The number of aromatic nitrogens is 1. The molecule has 3 aromatic rings. The first kappa shape index (κ1) is 20.1. The summed E-state index contributed by atoms with van der Waals surface area (Å²) in [6.07, 6.45) is 2.02. The normalized spacial score (nSPS) is 13.0. The molecular weight excluding hydrogens is 398 g/mol. The first-order chi connectivity index (χ1) is 14.5. The van der Waals surface area contributed by atoms with Crippen molar-refractivity contribution in [2.75, 3.05) is 11.9 Å². The number of hydrogen-bond donors (Lipinski definition) is 2. The van der Waals surface area contributed by atoms with Crippen molar-refractivity contribution in [2.24, 2.45) is 0 Å². The number of anilines is 1. The number of hydrogen-bond acceptors (Lipinski definition) is 5. The Labute approximate surface area is 179 Å². The van der Waals surface area contributed by atoms with Gasteiger partial charge in [0, 0.05) is 11.6 Å². The van der Waals surface area contributed by atoms with Crippen LogP contribution in [0.15, 0.2) is 48.5 Å².